The molecule has 18 heavy (non-hydrogen) atoms. The van der Waals surface area contributed by atoms with Gasteiger partial charge < -0.3 is 5.11 Å². The molecule has 2 aromatic rings. The molecule has 0 aliphatic rings. The zero-order valence-corrected chi connectivity index (χ0v) is 12.5. The summed E-state index contributed by atoms with van der Waals surface area (Å²) in [5, 5.41) is 15.2. The van der Waals surface area contributed by atoms with Crippen LogP contribution in [0.1, 0.15) is 23.1 Å². The van der Waals surface area contributed by atoms with E-state index in [0.717, 1.165) is 21.4 Å². The Kier molecular flexibility index (Phi) is 4.10. The van der Waals surface area contributed by atoms with Gasteiger partial charge in [0.25, 0.3) is 0 Å². The van der Waals surface area contributed by atoms with Crippen LogP contribution in [0.3, 0.4) is 0 Å². The van der Waals surface area contributed by atoms with Crippen molar-refractivity contribution in [1.82, 2.24) is 9.78 Å². The summed E-state index contributed by atoms with van der Waals surface area (Å²) < 4.78 is 2.72. The van der Waals surface area contributed by atoms with E-state index in [9.17, 15) is 5.11 Å². The Hall–Kier alpha value is -0.840. The topological polar surface area (TPSA) is 38.0 Å². The monoisotopic (exact) mass is 328 g/mol. The molecule has 96 valence electrons. The second kappa shape index (κ2) is 5.43. The van der Waals surface area contributed by atoms with Gasteiger partial charge in [-0.3, -0.25) is 4.68 Å². The fourth-order valence-electron chi connectivity index (χ4n) is 1.94. The smallest absolute Gasteiger partial charge is 0.0860 e. The molecule has 0 bridgehead atoms. The Morgan fingerprint density at radius 1 is 1.44 bits per heavy atom. The van der Waals surface area contributed by atoms with Gasteiger partial charge in [0.1, 0.15) is 0 Å². The molecule has 3 nitrogen and oxygen atoms in total. The van der Waals surface area contributed by atoms with Gasteiger partial charge in [0.05, 0.1) is 22.0 Å². The highest BCUT2D eigenvalue weighted by molar-refractivity contribution is 9.10. The molecule has 0 saturated heterocycles. The third-order valence-corrected chi connectivity index (χ3v) is 4.29. The summed E-state index contributed by atoms with van der Waals surface area (Å²) in [7, 11) is 1.87. The van der Waals surface area contributed by atoms with Gasteiger partial charge in [0.15, 0.2) is 0 Å². The van der Waals surface area contributed by atoms with E-state index in [1.165, 1.54) is 0 Å². The van der Waals surface area contributed by atoms with Gasteiger partial charge in [-0.05, 0) is 34.5 Å². The number of aromatic nitrogens is 2. The second-order valence-corrected chi connectivity index (χ2v) is 5.41. The maximum absolute atomic E-state index is 10.3. The Morgan fingerprint density at radius 2 is 2.11 bits per heavy atom. The van der Waals surface area contributed by atoms with Gasteiger partial charge in [-0.2, -0.15) is 5.10 Å². The van der Waals surface area contributed by atoms with Crippen LogP contribution < -0.4 is 0 Å². The molecule has 2 rings (SSSR count). The predicted molar refractivity (Wildman–Crippen MR) is 75.8 cm³/mol. The maximum atomic E-state index is 10.3. The first-order valence-electron chi connectivity index (χ1n) is 5.61. The van der Waals surface area contributed by atoms with Gasteiger partial charge in [-0.15, -0.1) is 0 Å². The first-order valence-corrected chi connectivity index (χ1v) is 6.78. The average Bonchev–Trinajstić information content (AvgIpc) is 2.56. The molecule has 1 N–H and O–H groups in total. The SMILES string of the molecule is Cc1nn(C)c(CC(O)c2ccccc2Cl)c1Br. The van der Waals surface area contributed by atoms with E-state index in [0.29, 0.717) is 11.4 Å². The third kappa shape index (κ3) is 2.60. The molecule has 1 aromatic heterocycles. The minimum Gasteiger partial charge on any atom is -0.388 e. The Balaban J connectivity index is 2.27. The van der Waals surface area contributed by atoms with Gasteiger partial charge in [-0.25, -0.2) is 0 Å². The molecule has 0 aliphatic heterocycles. The van der Waals surface area contributed by atoms with Gasteiger partial charge in [-0.1, -0.05) is 29.8 Å². The number of aliphatic hydroxyl groups excluding tert-OH is 1. The molecule has 1 aromatic carbocycles. The summed E-state index contributed by atoms with van der Waals surface area (Å²) in [6, 6.07) is 7.34. The lowest BCUT2D eigenvalue weighted by Gasteiger charge is -2.13. The van der Waals surface area contributed by atoms with Gasteiger partial charge in [0, 0.05) is 18.5 Å². The number of hydrogen-bond acceptors (Lipinski definition) is 2. The zero-order chi connectivity index (χ0) is 13.3. The van der Waals surface area contributed by atoms with Crippen LogP contribution in [0.5, 0.6) is 0 Å². The van der Waals surface area contributed by atoms with Crippen molar-refractivity contribution in [2.75, 3.05) is 0 Å². The molecule has 0 fully saturated rings. The number of aliphatic hydroxyl groups is 1. The van der Waals surface area contributed by atoms with Crippen LogP contribution in [0.4, 0.5) is 0 Å². The Morgan fingerprint density at radius 3 is 2.67 bits per heavy atom. The average molecular weight is 330 g/mol. The van der Waals surface area contributed by atoms with E-state index in [-0.39, 0.29) is 0 Å². The number of aryl methyl sites for hydroxylation is 2. The number of benzene rings is 1. The summed E-state index contributed by atoms with van der Waals surface area (Å²) in [5.74, 6) is 0. The molecular weight excluding hydrogens is 316 g/mol. The van der Waals surface area contributed by atoms with Gasteiger partial charge >= 0.3 is 0 Å². The molecule has 5 heteroatoms. The van der Waals surface area contributed by atoms with E-state index in [1.807, 2.05) is 32.2 Å². The first-order chi connectivity index (χ1) is 8.50. The van der Waals surface area contributed by atoms with E-state index < -0.39 is 6.10 Å². The summed E-state index contributed by atoms with van der Waals surface area (Å²) in [4.78, 5) is 0. The van der Waals surface area contributed by atoms with E-state index in [2.05, 4.69) is 21.0 Å². The van der Waals surface area contributed by atoms with Crippen molar-refractivity contribution in [3.63, 3.8) is 0 Å². The van der Waals surface area contributed by atoms with Crippen LogP contribution in [0.2, 0.25) is 5.02 Å². The van der Waals surface area contributed by atoms with E-state index in [1.54, 1.807) is 10.7 Å². The molecule has 0 aliphatic carbocycles. The number of nitrogens with zero attached hydrogens (tertiary/aromatic N) is 2. The van der Waals surface area contributed by atoms with Crippen molar-refractivity contribution in [3.8, 4) is 0 Å². The Bertz CT molecular complexity index is 568. The minimum atomic E-state index is -0.634. The molecule has 0 saturated carbocycles. The van der Waals surface area contributed by atoms with Crippen molar-refractivity contribution in [2.45, 2.75) is 19.4 Å². The third-order valence-electron chi connectivity index (χ3n) is 2.91. The highest BCUT2D eigenvalue weighted by atomic mass is 79.9. The van der Waals surface area contributed by atoms with Crippen LogP contribution in [-0.2, 0) is 13.5 Å². The summed E-state index contributed by atoms with van der Waals surface area (Å²) in [5.41, 5.74) is 2.61. The van der Waals surface area contributed by atoms with Crippen LogP contribution in [0.25, 0.3) is 0 Å². The highest BCUT2D eigenvalue weighted by Crippen LogP contribution is 2.29. The molecule has 1 heterocycles. The Labute approximate surface area is 120 Å². The predicted octanol–water partition coefficient (Wildman–Crippen LogP) is 3.42. The van der Waals surface area contributed by atoms with Gasteiger partial charge in [0.2, 0.25) is 0 Å². The summed E-state index contributed by atoms with van der Waals surface area (Å²) in [6.45, 7) is 1.93. The van der Waals surface area contributed by atoms with E-state index >= 15 is 0 Å². The number of rotatable bonds is 3. The van der Waals surface area contributed by atoms with Crippen LogP contribution >= 0.6 is 27.5 Å². The second-order valence-electron chi connectivity index (χ2n) is 4.21. The normalized spacial score (nSPS) is 12.7. The molecule has 0 radical (unpaired) electrons. The highest BCUT2D eigenvalue weighted by Gasteiger charge is 2.17. The fraction of sp³-hybridized carbons (Fsp3) is 0.308. The lowest BCUT2D eigenvalue weighted by Crippen LogP contribution is -2.07. The lowest BCUT2D eigenvalue weighted by atomic mass is 10.0. The van der Waals surface area contributed by atoms with Crippen molar-refractivity contribution < 1.29 is 5.11 Å². The van der Waals surface area contributed by atoms with Crippen LogP contribution in [0, 0.1) is 6.92 Å². The molecule has 1 atom stereocenters. The standard InChI is InChI=1S/C13H14BrClN2O/c1-8-13(14)11(17(2)16-8)7-12(18)9-5-3-4-6-10(9)15/h3-6,12,18H,7H2,1-2H3. The first kappa shape index (κ1) is 13.6. The van der Waals surface area contributed by atoms with Crippen molar-refractivity contribution >= 4 is 27.5 Å². The summed E-state index contributed by atoms with van der Waals surface area (Å²) in [6.07, 6.45) is -0.161. The van der Waals surface area contributed by atoms with Crippen molar-refractivity contribution in [1.29, 1.82) is 0 Å². The lowest BCUT2D eigenvalue weighted by molar-refractivity contribution is 0.175. The van der Waals surface area contributed by atoms with Crippen LogP contribution in [0.15, 0.2) is 28.7 Å². The van der Waals surface area contributed by atoms with Crippen LogP contribution in [-0.4, -0.2) is 14.9 Å². The quantitative estimate of drug-likeness (QED) is 0.937. The number of hydrogen-bond donors (Lipinski definition) is 1. The van der Waals surface area contributed by atoms with E-state index in [4.69, 9.17) is 11.6 Å². The molecule has 0 amide bonds. The maximum Gasteiger partial charge on any atom is 0.0860 e. The van der Waals surface area contributed by atoms with Crippen molar-refractivity contribution in [2.24, 2.45) is 7.05 Å². The fourth-order valence-corrected chi connectivity index (χ4v) is 2.70. The van der Waals surface area contributed by atoms with Crippen molar-refractivity contribution in [3.05, 3.63) is 50.7 Å². The molecule has 1 unspecified atom stereocenters. The number of halogens is 2. The summed E-state index contributed by atoms with van der Waals surface area (Å²) >= 11 is 9.57. The zero-order valence-electron chi connectivity index (χ0n) is 10.2. The molecular formula is C13H14BrClN2O. The minimum absolute atomic E-state index is 0.474. The molecule has 0 spiro atoms. The largest absolute Gasteiger partial charge is 0.388 e.